The van der Waals surface area contributed by atoms with Crippen molar-refractivity contribution in [1.29, 1.82) is 0 Å². The number of nitrogens with zero attached hydrogens (tertiary/aromatic N) is 1. The van der Waals surface area contributed by atoms with E-state index in [1.165, 1.54) is 18.9 Å². The Morgan fingerprint density at radius 3 is 2.67 bits per heavy atom. The van der Waals surface area contributed by atoms with Crippen molar-refractivity contribution in [2.45, 2.75) is 31.8 Å². The van der Waals surface area contributed by atoms with Crippen molar-refractivity contribution in [3.8, 4) is 0 Å². The van der Waals surface area contributed by atoms with Gasteiger partial charge in [-0.1, -0.05) is 17.7 Å². The van der Waals surface area contributed by atoms with Crippen molar-refractivity contribution in [3.05, 3.63) is 34.6 Å². The number of hydrogen-bond donors (Lipinski definition) is 1. The first-order valence-corrected chi connectivity index (χ1v) is 6.80. The lowest BCUT2D eigenvalue weighted by atomic mass is 10.0. The first kappa shape index (κ1) is 13.8. The highest BCUT2D eigenvalue weighted by atomic mass is 35.5. The van der Waals surface area contributed by atoms with E-state index in [-0.39, 0.29) is 11.9 Å². The molecule has 2 nitrogen and oxygen atoms in total. The SMILES string of the molecule is CC(C1CC1)N(C)C(CN)c1c(F)cccc1Cl. The second-order valence-corrected chi connectivity index (χ2v) is 5.54. The topological polar surface area (TPSA) is 29.3 Å². The zero-order valence-electron chi connectivity index (χ0n) is 10.9. The Labute approximate surface area is 113 Å². The molecule has 0 heterocycles. The second-order valence-electron chi connectivity index (χ2n) is 5.13. The Hall–Kier alpha value is -0.640. The Bertz CT molecular complexity index is 400. The largest absolute Gasteiger partial charge is 0.329 e. The summed E-state index contributed by atoms with van der Waals surface area (Å²) in [6.07, 6.45) is 2.52. The Morgan fingerprint density at radius 1 is 1.50 bits per heavy atom. The molecule has 100 valence electrons. The van der Waals surface area contributed by atoms with Crippen LogP contribution in [-0.4, -0.2) is 24.5 Å². The van der Waals surface area contributed by atoms with Crippen LogP contribution in [0.4, 0.5) is 4.39 Å². The molecule has 0 aromatic heterocycles. The van der Waals surface area contributed by atoms with Gasteiger partial charge < -0.3 is 5.73 Å². The maximum atomic E-state index is 14.0. The van der Waals surface area contributed by atoms with Crippen molar-refractivity contribution in [2.75, 3.05) is 13.6 Å². The molecule has 1 saturated carbocycles. The van der Waals surface area contributed by atoms with Crippen molar-refractivity contribution in [1.82, 2.24) is 4.90 Å². The van der Waals surface area contributed by atoms with E-state index in [4.69, 9.17) is 17.3 Å². The lowest BCUT2D eigenvalue weighted by Gasteiger charge is -2.33. The fraction of sp³-hybridized carbons (Fsp3) is 0.571. The summed E-state index contributed by atoms with van der Waals surface area (Å²) >= 11 is 6.12. The number of nitrogens with two attached hydrogens (primary N) is 1. The normalized spacial score (nSPS) is 19.0. The van der Waals surface area contributed by atoms with Gasteiger partial charge in [-0.15, -0.1) is 0 Å². The molecule has 0 amide bonds. The molecule has 2 unspecified atom stereocenters. The van der Waals surface area contributed by atoms with E-state index in [9.17, 15) is 4.39 Å². The minimum absolute atomic E-state index is 0.158. The minimum Gasteiger partial charge on any atom is -0.329 e. The van der Waals surface area contributed by atoms with Gasteiger partial charge in [-0.25, -0.2) is 4.39 Å². The van der Waals surface area contributed by atoms with Crippen LogP contribution in [0.5, 0.6) is 0 Å². The van der Waals surface area contributed by atoms with Gasteiger partial charge >= 0.3 is 0 Å². The Morgan fingerprint density at radius 2 is 2.17 bits per heavy atom. The van der Waals surface area contributed by atoms with Crippen molar-refractivity contribution >= 4 is 11.6 Å². The third kappa shape index (κ3) is 2.68. The van der Waals surface area contributed by atoms with Gasteiger partial charge in [0.1, 0.15) is 5.82 Å². The first-order chi connectivity index (χ1) is 8.56. The predicted molar refractivity (Wildman–Crippen MR) is 73.2 cm³/mol. The van der Waals surface area contributed by atoms with Gasteiger partial charge in [0, 0.05) is 23.2 Å². The smallest absolute Gasteiger partial charge is 0.129 e. The van der Waals surface area contributed by atoms with Crippen molar-refractivity contribution < 1.29 is 4.39 Å². The third-order valence-electron chi connectivity index (χ3n) is 3.99. The molecule has 0 radical (unpaired) electrons. The molecule has 2 N–H and O–H groups in total. The van der Waals surface area contributed by atoms with Crippen LogP contribution in [0, 0.1) is 11.7 Å². The molecule has 4 heteroatoms. The van der Waals surface area contributed by atoms with Gasteiger partial charge in [-0.05, 0) is 44.9 Å². The van der Waals surface area contributed by atoms with Crippen LogP contribution in [0.1, 0.15) is 31.4 Å². The fourth-order valence-electron chi connectivity index (χ4n) is 2.51. The van der Waals surface area contributed by atoms with Crippen LogP contribution in [0.15, 0.2) is 18.2 Å². The van der Waals surface area contributed by atoms with Gasteiger partial charge in [-0.2, -0.15) is 0 Å². The summed E-state index contributed by atoms with van der Waals surface area (Å²) in [5, 5.41) is 0.459. The van der Waals surface area contributed by atoms with Gasteiger partial charge in [0.25, 0.3) is 0 Å². The molecule has 1 aliphatic carbocycles. The highest BCUT2D eigenvalue weighted by Crippen LogP contribution is 2.38. The van der Waals surface area contributed by atoms with Gasteiger partial charge in [0.15, 0.2) is 0 Å². The van der Waals surface area contributed by atoms with Crippen molar-refractivity contribution in [3.63, 3.8) is 0 Å². The van der Waals surface area contributed by atoms with Crippen LogP contribution in [0.2, 0.25) is 5.02 Å². The summed E-state index contributed by atoms with van der Waals surface area (Å²) in [6.45, 7) is 2.54. The summed E-state index contributed by atoms with van der Waals surface area (Å²) < 4.78 is 14.0. The molecule has 1 aliphatic rings. The minimum atomic E-state index is -0.271. The molecule has 2 atom stereocenters. The Kier molecular flexibility index (Phi) is 4.25. The maximum Gasteiger partial charge on any atom is 0.129 e. The van der Waals surface area contributed by atoms with Crippen LogP contribution in [0.25, 0.3) is 0 Å². The molecular weight excluding hydrogens is 251 g/mol. The first-order valence-electron chi connectivity index (χ1n) is 6.42. The summed E-state index contributed by atoms with van der Waals surface area (Å²) in [4.78, 5) is 2.15. The zero-order chi connectivity index (χ0) is 13.3. The van der Waals surface area contributed by atoms with E-state index in [1.54, 1.807) is 12.1 Å². The summed E-state index contributed by atoms with van der Waals surface area (Å²) in [5.41, 5.74) is 6.36. The maximum absolute atomic E-state index is 14.0. The number of benzene rings is 1. The van der Waals surface area contributed by atoms with Crippen LogP contribution >= 0.6 is 11.6 Å². The summed E-state index contributed by atoms with van der Waals surface area (Å²) in [5.74, 6) is 0.447. The van der Waals surface area contributed by atoms with E-state index < -0.39 is 0 Å². The lowest BCUT2D eigenvalue weighted by molar-refractivity contribution is 0.168. The Balaban J connectivity index is 2.26. The van der Waals surface area contributed by atoms with E-state index in [2.05, 4.69) is 11.8 Å². The zero-order valence-corrected chi connectivity index (χ0v) is 11.6. The van der Waals surface area contributed by atoms with Crippen LogP contribution in [0.3, 0.4) is 0 Å². The number of likely N-dealkylation sites (N-methyl/N-ethyl adjacent to an activating group) is 1. The molecular formula is C14H20ClFN2. The monoisotopic (exact) mass is 270 g/mol. The lowest BCUT2D eigenvalue weighted by Crippen LogP contribution is -2.38. The summed E-state index contributed by atoms with van der Waals surface area (Å²) in [6, 6.07) is 5.04. The van der Waals surface area contributed by atoms with Crippen molar-refractivity contribution in [2.24, 2.45) is 11.7 Å². The van der Waals surface area contributed by atoms with Gasteiger partial charge in [0.2, 0.25) is 0 Å². The molecule has 0 bridgehead atoms. The molecule has 18 heavy (non-hydrogen) atoms. The molecule has 1 aromatic carbocycles. The van der Waals surface area contributed by atoms with E-state index >= 15 is 0 Å². The molecule has 0 spiro atoms. The van der Waals surface area contributed by atoms with Gasteiger partial charge in [-0.3, -0.25) is 4.90 Å². The fourth-order valence-corrected chi connectivity index (χ4v) is 2.80. The molecule has 2 rings (SSSR count). The average Bonchev–Trinajstić information content (AvgIpc) is 3.16. The molecule has 1 fully saturated rings. The third-order valence-corrected chi connectivity index (χ3v) is 4.32. The highest BCUT2D eigenvalue weighted by Gasteiger charge is 2.34. The second kappa shape index (κ2) is 5.55. The average molecular weight is 271 g/mol. The molecule has 0 saturated heterocycles. The standard InChI is InChI=1S/C14H20ClFN2/c1-9(10-6-7-10)18(2)13(8-17)14-11(15)4-3-5-12(14)16/h3-5,9-10,13H,6-8,17H2,1-2H3. The van der Waals surface area contributed by atoms with Crippen LogP contribution in [-0.2, 0) is 0 Å². The number of hydrogen-bond acceptors (Lipinski definition) is 2. The van der Waals surface area contributed by atoms with E-state index in [1.807, 2.05) is 7.05 Å². The quantitative estimate of drug-likeness (QED) is 0.890. The van der Waals surface area contributed by atoms with Crippen LogP contribution < -0.4 is 5.73 Å². The molecule has 1 aromatic rings. The number of halogens is 2. The van der Waals surface area contributed by atoms with E-state index in [0.717, 1.165) is 5.92 Å². The summed E-state index contributed by atoms with van der Waals surface area (Å²) in [7, 11) is 2.00. The van der Waals surface area contributed by atoms with E-state index in [0.29, 0.717) is 23.2 Å². The highest BCUT2D eigenvalue weighted by molar-refractivity contribution is 6.31. The van der Waals surface area contributed by atoms with Gasteiger partial charge in [0.05, 0.1) is 6.04 Å². The molecule has 0 aliphatic heterocycles. The number of rotatable bonds is 5. The predicted octanol–water partition coefficient (Wildman–Crippen LogP) is 3.21.